The molecule has 6 amide bonds. The zero-order chi connectivity index (χ0) is 44.7. The molecule has 1 saturated carbocycles. The third-order valence-corrected chi connectivity index (χ3v) is 12.2. The van der Waals surface area contributed by atoms with E-state index < -0.39 is 87.9 Å². The van der Waals surface area contributed by atoms with Gasteiger partial charge >= 0.3 is 0 Å². The topological polar surface area (TPSA) is 252 Å². The highest BCUT2D eigenvalue weighted by Gasteiger charge is 2.35. The van der Waals surface area contributed by atoms with Crippen LogP contribution in [0.1, 0.15) is 103 Å². The molecule has 330 valence electrons. The highest BCUT2D eigenvalue weighted by atomic mass is 32.2. The van der Waals surface area contributed by atoms with Gasteiger partial charge in [0.05, 0.1) is 23.7 Å². The number of amides is 6. The second-order valence-electron chi connectivity index (χ2n) is 16.0. The number of hydrogen-bond donors (Lipinski definition) is 6. The molecule has 1 aliphatic carbocycles. The summed E-state index contributed by atoms with van der Waals surface area (Å²) in [5.41, 5.74) is 0.0203. The number of nitrogens with one attached hydrogen (secondary N) is 6. The Balaban J connectivity index is 1.43. The number of carbonyl (C=O) groups is 7. The second kappa shape index (κ2) is 22.7. The lowest BCUT2D eigenvalue weighted by molar-refractivity contribution is -0.141. The Morgan fingerprint density at radius 3 is 2.07 bits per heavy atom. The smallest absolute Gasteiger partial charge is 0.290 e. The Kier molecular flexibility index (Phi) is 17.8. The van der Waals surface area contributed by atoms with Crippen molar-refractivity contribution in [2.24, 2.45) is 17.8 Å². The van der Waals surface area contributed by atoms with Crippen LogP contribution in [-0.2, 0) is 38.8 Å². The number of sulfonamides is 1. The van der Waals surface area contributed by atoms with Crippen LogP contribution in [0.5, 0.6) is 0 Å². The van der Waals surface area contributed by atoms with E-state index in [9.17, 15) is 42.0 Å². The van der Waals surface area contributed by atoms with Gasteiger partial charge in [0.2, 0.25) is 23.5 Å². The summed E-state index contributed by atoms with van der Waals surface area (Å²) in [6, 6.07) is 6.81. The molecular formula is C43H58N8O9S. The van der Waals surface area contributed by atoms with Crippen molar-refractivity contribution >= 4 is 62.0 Å². The van der Waals surface area contributed by atoms with Crippen molar-refractivity contribution in [1.82, 2.24) is 41.3 Å². The maximum atomic E-state index is 14.1. The standard InChI is InChI=1S/C43H58N8O9S/c1-6-27(5)37(50-40(55)33(21-26(3)4)48-41(56)35-24-44-19-20-45-35)42(57)49-34(22-28-13-9-8-10-14-28)39(54)47-32(7-2)38(53)43(58)46-25-36(52)51-61(59,60)31-18-17-29-15-11-12-16-30(29)23-31/h11-12,15-20,23-24,26-28,32-34,37H,6-10,13-14,21-22,25H2,1-5H3,(H,46,58)(H,47,54)(H,48,56)(H,49,57)(H,50,55)(H,51,52)/t27?,32-,33-,34-,37?/m0/s1. The molecule has 3 aromatic rings. The lowest BCUT2D eigenvalue weighted by atomic mass is 9.84. The molecule has 2 unspecified atom stereocenters. The minimum Gasteiger partial charge on any atom is -0.344 e. The van der Waals surface area contributed by atoms with Gasteiger partial charge in [0, 0.05) is 12.4 Å². The lowest BCUT2D eigenvalue weighted by Crippen LogP contribution is -2.60. The molecule has 4 rings (SSSR count). The molecule has 17 nitrogen and oxygen atoms in total. The van der Waals surface area contributed by atoms with Crippen molar-refractivity contribution in [3.63, 3.8) is 0 Å². The van der Waals surface area contributed by atoms with Crippen molar-refractivity contribution in [3.05, 3.63) is 66.7 Å². The van der Waals surface area contributed by atoms with Gasteiger partial charge in [-0.2, -0.15) is 0 Å². The van der Waals surface area contributed by atoms with Crippen molar-refractivity contribution in [1.29, 1.82) is 0 Å². The molecular weight excluding hydrogens is 805 g/mol. The Labute approximate surface area is 356 Å². The SMILES string of the molecule is CCC(C)C(NC(=O)[C@H](CC(C)C)NC(=O)c1cnccn1)C(=O)N[C@@H](CC1CCCCC1)C(=O)N[C@@H](CC)C(=O)C(=O)NCC(=O)NS(=O)(=O)c1ccc2ccccc2c1. The van der Waals surface area contributed by atoms with Crippen LogP contribution in [0.15, 0.2) is 66.0 Å². The Hall–Kier alpha value is -5.78. The molecule has 6 N–H and O–H groups in total. The van der Waals surface area contributed by atoms with E-state index >= 15 is 0 Å². The second-order valence-corrected chi connectivity index (χ2v) is 17.7. The molecule has 0 saturated heterocycles. The van der Waals surface area contributed by atoms with Gasteiger partial charge in [0.15, 0.2) is 0 Å². The number of fused-ring (bicyclic) bond motifs is 1. The number of benzene rings is 2. The highest BCUT2D eigenvalue weighted by Crippen LogP contribution is 2.28. The first-order chi connectivity index (χ1) is 29.0. The van der Waals surface area contributed by atoms with Gasteiger partial charge in [0.1, 0.15) is 23.8 Å². The normalized spacial score (nSPS) is 15.6. The summed E-state index contributed by atoms with van der Waals surface area (Å²) < 4.78 is 27.7. The quantitative estimate of drug-likeness (QED) is 0.0850. The highest BCUT2D eigenvalue weighted by molar-refractivity contribution is 7.90. The first-order valence-electron chi connectivity index (χ1n) is 20.9. The molecule has 2 aromatic carbocycles. The van der Waals surface area contributed by atoms with Crippen LogP contribution in [0.25, 0.3) is 10.8 Å². The van der Waals surface area contributed by atoms with Crippen molar-refractivity contribution in [2.45, 2.75) is 121 Å². The van der Waals surface area contributed by atoms with Gasteiger partial charge in [-0.25, -0.2) is 18.1 Å². The summed E-state index contributed by atoms with van der Waals surface area (Å²) in [5.74, 6) is -6.27. The largest absolute Gasteiger partial charge is 0.344 e. The average Bonchev–Trinajstić information content (AvgIpc) is 3.25. The molecule has 1 fully saturated rings. The monoisotopic (exact) mass is 862 g/mol. The number of ketones is 1. The van der Waals surface area contributed by atoms with E-state index in [1.165, 1.54) is 30.7 Å². The third-order valence-electron chi connectivity index (χ3n) is 10.8. The first-order valence-corrected chi connectivity index (χ1v) is 22.4. The van der Waals surface area contributed by atoms with Crippen LogP contribution < -0.4 is 31.3 Å². The fraction of sp³-hybridized carbons (Fsp3) is 0.512. The van der Waals surface area contributed by atoms with Gasteiger partial charge in [0.25, 0.3) is 27.7 Å². The van der Waals surface area contributed by atoms with Crippen LogP contribution in [0.4, 0.5) is 0 Å². The molecule has 61 heavy (non-hydrogen) atoms. The van der Waals surface area contributed by atoms with E-state index in [1.807, 2.05) is 25.5 Å². The summed E-state index contributed by atoms with van der Waals surface area (Å²) >= 11 is 0. The zero-order valence-electron chi connectivity index (χ0n) is 35.4. The predicted molar refractivity (Wildman–Crippen MR) is 227 cm³/mol. The summed E-state index contributed by atoms with van der Waals surface area (Å²) in [5, 5.41) is 14.5. The fourth-order valence-corrected chi connectivity index (χ4v) is 8.19. The Morgan fingerprint density at radius 1 is 0.754 bits per heavy atom. The Bertz CT molecular complexity index is 2150. The van der Waals surface area contributed by atoms with Crippen LogP contribution in [0, 0.1) is 17.8 Å². The van der Waals surface area contributed by atoms with Crippen LogP contribution in [0.3, 0.4) is 0 Å². The van der Waals surface area contributed by atoms with Crippen LogP contribution >= 0.6 is 0 Å². The molecule has 0 spiro atoms. The van der Waals surface area contributed by atoms with Gasteiger partial charge in [-0.05, 0) is 59.9 Å². The van der Waals surface area contributed by atoms with E-state index in [0.717, 1.165) is 37.5 Å². The van der Waals surface area contributed by atoms with Crippen molar-refractivity contribution in [2.75, 3.05) is 6.54 Å². The minimum absolute atomic E-state index is 0.0111. The number of carbonyl (C=O) groups excluding carboxylic acids is 7. The summed E-state index contributed by atoms with van der Waals surface area (Å²) in [6.07, 6.45) is 9.60. The third kappa shape index (κ3) is 14.2. The van der Waals surface area contributed by atoms with Crippen molar-refractivity contribution < 1.29 is 42.0 Å². The van der Waals surface area contributed by atoms with E-state index in [2.05, 4.69) is 36.6 Å². The fourth-order valence-electron chi connectivity index (χ4n) is 7.17. The van der Waals surface area contributed by atoms with Gasteiger partial charge in [-0.1, -0.05) is 103 Å². The number of hydrogen-bond acceptors (Lipinski definition) is 11. The lowest BCUT2D eigenvalue weighted by Gasteiger charge is -2.31. The molecule has 0 radical (unpaired) electrons. The van der Waals surface area contributed by atoms with Gasteiger partial charge < -0.3 is 26.6 Å². The number of nitrogens with zero attached hydrogens (tertiary/aromatic N) is 2. The zero-order valence-corrected chi connectivity index (χ0v) is 36.2. The Morgan fingerprint density at radius 2 is 1.43 bits per heavy atom. The predicted octanol–water partition coefficient (Wildman–Crippen LogP) is 2.85. The number of rotatable bonds is 21. The molecule has 0 aliphatic heterocycles. The van der Waals surface area contributed by atoms with Gasteiger partial charge in [-0.15, -0.1) is 0 Å². The van der Waals surface area contributed by atoms with E-state index in [-0.39, 0.29) is 41.7 Å². The molecule has 1 aliphatic rings. The number of Topliss-reactive ketones (excluding diaryl/α,β-unsaturated/α-hetero) is 1. The maximum Gasteiger partial charge on any atom is 0.290 e. The molecule has 5 atom stereocenters. The summed E-state index contributed by atoms with van der Waals surface area (Å²) in [6.45, 7) is 8.13. The summed E-state index contributed by atoms with van der Waals surface area (Å²) in [4.78, 5) is 101. The first kappa shape index (κ1) is 47.9. The molecule has 1 heterocycles. The van der Waals surface area contributed by atoms with Crippen molar-refractivity contribution in [3.8, 4) is 0 Å². The number of aromatic nitrogens is 2. The van der Waals surface area contributed by atoms with E-state index in [0.29, 0.717) is 11.8 Å². The van der Waals surface area contributed by atoms with Crippen LogP contribution in [0.2, 0.25) is 0 Å². The summed E-state index contributed by atoms with van der Waals surface area (Å²) in [7, 11) is -4.30. The maximum absolute atomic E-state index is 14.1. The molecule has 18 heteroatoms. The average molecular weight is 863 g/mol. The molecule has 0 bridgehead atoms. The van der Waals surface area contributed by atoms with E-state index in [1.54, 1.807) is 44.2 Å². The van der Waals surface area contributed by atoms with Crippen LogP contribution in [-0.4, -0.2) is 90.3 Å². The molecule has 1 aromatic heterocycles. The van der Waals surface area contributed by atoms with Gasteiger partial charge in [-0.3, -0.25) is 38.5 Å². The minimum atomic E-state index is -4.30. The van der Waals surface area contributed by atoms with E-state index in [4.69, 9.17) is 0 Å².